The zero-order valence-corrected chi connectivity index (χ0v) is 14.1. The van der Waals surface area contributed by atoms with Crippen molar-refractivity contribution in [3.8, 4) is 6.07 Å². The summed E-state index contributed by atoms with van der Waals surface area (Å²) in [7, 11) is 0. The highest BCUT2D eigenvalue weighted by atomic mass is 35.5. The standard InChI is InChI=1S/C19H16ClN3O2/c20-17-4-2-1-3-13(17)11-22-18(24)15-9-16(15)19(25)23-14-7-5-12(10-21)6-8-14/h1-8,15-16H,9,11H2,(H,22,24)(H,23,25). The largest absolute Gasteiger partial charge is 0.352 e. The van der Waals surface area contributed by atoms with Crippen LogP contribution in [0, 0.1) is 23.2 Å². The van der Waals surface area contributed by atoms with Crippen LogP contribution in [0.1, 0.15) is 17.5 Å². The quantitative estimate of drug-likeness (QED) is 0.866. The van der Waals surface area contributed by atoms with Crippen LogP contribution in [-0.4, -0.2) is 11.8 Å². The van der Waals surface area contributed by atoms with Crippen molar-refractivity contribution in [1.82, 2.24) is 5.32 Å². The molecule has 2 unspecified atom stereocenters. The molecule has 0 aliphatic heterocycles. The highest BCUT2D eigenvalue weighted by Crippen LogP contribution is 2.39. The predicted molar refractivity (Wildman–Crippen MR) is 94.7 cm³/mol. The molecule has 5 nitrogen and oxygen atoms in total. The number of nitrogens with zero attached hydrogens (tertiary/aromatic N) is 1. The Morgan fingerprint density at radius 1 is 1.08 bits per heavy atom. The van der Waals surface area contributed by atoms with Crippen molar-refractivity contribution in [1.29, 1.82) is 5.26 Å². The van der Waals surface area contributed by atoms with Crippen molar-refractivity contribution >= 4 is 29.1 Å². The summed E-state index contributed by atoms with van der Waals surface area (Å²) in [6.45, 7) is 0.346. The third-order valence-electron chi connectivity index (χ3n) is 4.16. The van der Waals surface area contributed by atoms with Gasteiger partial charge in [0, 0.05) is 17.3 Å². The number of carbonyl (C=O) groups excluding carboxylic acids is 2. The van der Waals surface area contributed by atoms with E-state index in [1.807, 2.05) is 24.3 Å². The number of amides is 2. The van der Waals surface area contributed by atoms with E-state index in [1.165, 1.54) is 0 Å². The number of benzene rings is 2. The molecule has 6 heteroatoms. The summed E-state index contributed by atoms with van der Waals surface area (Å²) in [5.74, 6) is -0.940. The Morgan fingerprint density at radius 3 is 2.44 bits per heavy atom. The van der Waals surface area contributed by atoms with Crippen LogP contribution in [-0.2, 0) is 16.1 Å². The van der Waals surface area contributed by atoms with Gasteiger partial charge in [-0.1, -0.05) is 29.8 Å². The maximum Gasteiger partial charge on any atom is 0.228 e. The van der Waals surface area contributed by atoms with E-state index in [1.54, 1.807) is 30.3 Å². The first-order valence-corrected chi connectivity index (χ1v) is 8.28. The molecule has 2 aromatic carbocycles. The Hall–Kier alpha value is -2.84. The first-order valence-electron chi connectivity index (χ1n) is 7.90. The number of hydrogen-bond acceptors (Lipinski definition) is 3. The number of halogens is 1. The molecule has 1 aliphatic rings. The molecule has 0 bridgehead atoms. The van der Waals surface area contributed by atoms with Crippen LogP contribution in [0.25, 0.3) is 0 Å². The fourth-order valence-electron chi connectivity index (χ4n) is 2.59. The molecule has 25 heavy (non-hydrogen) atoms. The van der Waals surface area contributed by atoms with E-state index in [0.29, 0.717) is 29.2 Å². The van der Waals surface area contributed by atoms with Crippen LogP contribution < -0.4 is 10.6 Å². The van der Waals surface area contributed by atoms with Gasteiger partial charge < -0.3 is 10.6 Å². The summed E-state index contributed by atoms with van der Waals surface area (Å²) < 4.78 is 0. The number of nitrogens with one attached hydrogen (secondary N) is 2. The summed E-state index contributed by atoms with van der Waals surface area (Å²) in [5.41, 5.74) is 1.99. The first-order chi connectivity index (χ1) is 12.1. The molecule has 0 spiro atoms. The number of carbonyl (C=O) groups is 2. The molecule has 0 saturated heterocycles. The van der Waals surface area contributed by atoms with Crippen molar-refractivity contribution in [3.63, 3.8) is 0 Å². The zero-order valence-electron chi connectivity index (χ0n) is 13.3. The van der Waals surface area contributed by atoms with E-state index in [2.05, 4.69) is 10.6 Å². The number of anilines is 1. The Bertz CT molecular complexity index is 842. The molecule has 1 saturated carbocycles. The lowest BCUT2D eigenvalue weighted by Gasteiger charge is -2.07. The van der Waals surface area contributed by atoms with Gasteiger partial charge in [-0.05, 0) is 42.3 Å². The lowest BCUT2D eigenvalue weighted by molar-refractivity contribution is -0.125. The fraction of sp³-hybridized carbons (Fsp3) is 0.211. The van der Waals surface area contributed by atoms with Crippen molar-refractivity contribution in [2.45, 2.75) is 13.0 Å². The average Bonchev–Trinajstić information content (AvgIpc) is 3.42. The van der Waals surface area contributed by atoms with E-state index in [9.17, 15) is 9.59 Å². The van der Waals surface area contributed by atoms with Crippen molar-refractivity contribution in [2.75, 3.05) is 5.32 Å². The minimum absolute atomic E-state index is 0.139. The minimum Gasteiger partial charge on any atom is -0.352 e. The smallest absolute Gasteiger partial charge is 0.228 e. The predicted octanol–water partition coefficient (Wildman–Crippen LogP) is 3.10. The Labute approximate surface area is 150 Å². The van der Waals surface area contributed by atoms with Crippen molar-refractivity contribution < 1.29 is 9.59 Å². The maximum absolute atomic E-state index is 12.2. The second kappa shape index (κ2) is 7.37. The SMILES string of the molecule is N#Cc1ccc(NC(=O)C2CC2C(=O)NCc2ccccc2Cl)cc1. The highest BCUT2D eigenvalue weighted by molar-refractivity contribution is 6.31. The zero-order chi connectivity index (χ0) is 17.8. The van der Waals surface area contributed by atoms with E-state index in [4.69, 9.17) is 16.9 Å². The van der Waals surface area contributed by atoms with Gasteiger partial charge in [-0.15, -0.1) is 0 Å². The van der Waals surface area contributed by atoms with Crippen molar-refractivity contribution in [2.24, 2.45) is 11.8 Å². The Kier molecular flexibility index (Phi) is 5.01. The fourth-order valence-corrected chi connectivity index (χ4v) is 2.80. The lowest BCUT2D eigenvalue weighted by atomic mass is 10.2. The van der Waals surface area contributed by atoms with E-state index in [-0.39, 0.29) is 23.7 Å². The number of hydrogen-bond donors (Lipinski definition) is 2. The molecule has 1 aliphatic carbocycles. The molecular formula is C19H16ClN3O2. The second-order valence-corrected chi connectivity index (χ2v) is 6.34. The van der Waals surface area contributed by atoms with Gasteiger partial charge in [0.05, 0.1) is 23.5 Å². The van der Waals surface area contributed by atoms with Gasteiger partial charge in [-0.25, -0.2) is 0 Å². The third-order valence-corrected chi connectivity index (χ3v) is 4.53. The molecule has 2 amide bonds. The van der Waals surface area contributed by atoms with Gasteiger partial charge in [-0.2, -0.15) is 5.26 Å². The molecule has 0 aromatic heterocycles. The topological polar surface area (TPSA) is 82.0 Å². The first kappa shape index (κ1) is 17.0. The van der Waals surface area contributed by atoms with Crippen LogP contribution in [0.5, 0.6) is 0 Å². The monoisotopic (exact) mass is 353 g/mol. The van der Waals surface area contributed by atoms with E-state index < -0.39 is 0 Å². The summed E-state index contributed by atoms with van der Waals surface area (Å²) in [5, 5.41) is 15.0. The van der Waals surface area contributed by atoms with Gasteiger partial charge in [0.2, 0.25) is 11.8 Å². The molecule has 0 heterocycles. The van der Waals surface area contributed by atoms with Crippen LogP contribution in [0.2, 0.25) is 5.02 Å². The van der Waals surface area contributed by atoms with Gasteiger partial charge >= 0.3 is 0 Å². The average molecular weight is 354 g/mol. The Morgan fingerprint density at radius 2 is 1.76 bits per heavy atom. The summed E-state index contributed by atoms with van der Waals surface area (Å²) in [4.78, 5) is 24.4. The van der Waals surface area contributed by atoms with Gasteiger partial charge in [0.15, 0.2) is 0 Å². The number of nitriles is 1. The van der Waals surface area contributed by atoms with Gasteiger partial charge in [0.1, 0.15) is 0 Å². The minimum atomic E-state index is -0.318. The molecule has 1 fully saturated rings. The number of rotatable bonds is 5. The third kappa shape index (κ3) is 4.17. The molecule has 3 rings (SSSR count). The molecule has 2 aromatic rings. The Balaban J connectivity index is 1.49. The highest BCUT2D eigenvalue weighted by Gasteiger charge is 2.47. The molecule has 0 radical (unpaired) electrons. The molecule has 126 valence electrons. The van der Waals surface area contributed by atoms with Crippen molar-refractivity contribution in [3.05, 3.63) is 64.7 Å². The van der Waals surface area contributed by atoms with Crippen LogP contribution in [0.4, 0.5) is 5.69 Å². The molecule has 2 N–H and O–H groups in total. The molecular weight excluding hydrogens is 338 g/mol. The van der Waals surface area contributed by atoms with E-state index >= 15 is 0 Å². The summed E-state index contributed by atoms with van der Waals surface area (Å²) >= 11 is 6.06. The summed E-state index contributed by atoms with van der Waals surface area (Å²) in [6, 6.07) is 15.9. The lowest BCUT2D eigenvalue weighted by Crippen LogP contribution is -2.27. The molecule has 2 atom stereocenters. The van der Waals surface area contributed by atoms with Crippen LogP contribution in [0.3, 0.4) is 0 Å². The maximum atomic E-state index is 12.2. The van der Waals surface area contributed by atoms with Crippen LogP contribution in [0.15, 0.2) is 48.5 Å². The summed E-state index contributed by atoms with van der Waals surface area (Å²) in [6.07, 6.45) is 0.538. The van der Waals surface area contributed by atoms with Gasteiger partial charge in [0.25, 0.3) is 0 Å². The second-order valence-electron chi connectivity index (χ2n) is 5.94. The normalized spacial score (nSPS) is 18.1. The van der Waals surface area contributed by atoms with Crippen LogP contribution >= 0.6 is 11.6 Å². The van der Waals surface area contributed by atoms with Gasteiger partial charge in [-0.3, -0.25) is 9.59 Å². The van der Waals surface area contributed by atoms with E-state index in [0.717, 1.165) is 5.56 Å².